The van der Waals surface area contributed by atoms with E-state index in [0.29, 0.717) is 0 Å². The molecular formula is C14H23N3. The normalized spacial score (nSPS) is 17.9. The molecule has 2 rings (SSSR count). The highest BCUT2D eigenvalue weighted by Gasteiger charge is 2.06. The third kappa shape index (κ3) is 4.86. The van der Waals surface area contributed by atoms with Crippen molar-refractivity contribution >= 4 is 0 Å². The molecule has 3 nitrogen and oxygen atoms in total. The zero-order valence-corrected chi connectivity index (χ0v) is 10.5. The maximum absolute atomic E-state index is 3.51. The standard InChI is InChI=1S/C14H23N3/c1-2-5-14(6-3-1)13-16-9-12-17-10-4-7-15-8-11-17/h1-3,5-6,15-16H,4,7-13H2. The lowest BCUT2D eigenvalue weighted by Gasteiger charge is -2.19. The van der Waals surface area contributed by atoms with Gasteiger partial charge in [0, 0.05) is 32.7 Å². The molecule has 1 saturated heterocycles. The van der Waals surface area contributed by atoms with E-state index >= 15 is 0 Å². The second kappa shape index (κ2) is 7.43. The zero-order chi connectivity index (χ0) is 11.8. The van der Waals surface area contributed by atoms with Gasteiger partial charge < -0.3 is 15.5 Å². The van der Waals surface area contributed by atoms with Gasteiger partial charge in [-0.05, 0) is 25.1 Å². The monoisotopic (exact) mass is 233 g/mol. The number of hydrogen-bond donors (Lipinski definition) is 2. The van der Waals surface area contributed by atoms with Gasteiger partial charge in [0.1, 0.15) is 0 Å². The van der Waals surface area contributed by atoms with Crippen molar-refractivity contribution in [3.05, 3.63) is 35.9 Å². The van der Waals surface area contributed by atoms with Crippen LogP contribution in [0.15, 0.2) is 30.3 Å². The fourth-order valence-electron chi connectivity index (χ4n) is 2.19. The smallest absolute Gasteiger partial charge is 0.0206 e. The van der Waals surface area contributed by atoms with Crippen LogP contribution < -0.4 is 10.6 Å². The first-order valence-electron chi connectivity index (χ1n) is 6.63. The Bertz CT molecular complexity index is 292. The van der Waals surface area contributed by atoms with Crippen LogP contribution in [-0.4, -0.2) is 44.2 Å². The molecule has 0 aromatic heterocycles. The Labute approximate surface area is 104 Å². The fraction of sp³-hybridized carbons (Fsp3) is 0.571. The van der Waals surface area contributed by atoms with Crippen molar-refractivity contribution in [2.45, 2.75) is 13.0 Å². The molecule has 0 bridgehead atoms. The van der Waals surface area contributed by atoms with Gasteiger partial charge in [0.15, 0.2) is 0 Å². The summed E-state index contributed by atoms with van der Waals surface area (Å²) in [6.45, 7) is 7.95. The molecule has 1 aromatic carbocycles. The van der Waals surface area contributed by atoms with E-state index in [1.54, 1.807) is 0 Å². The predicted octanol–water partition coefficient (Wildman–Crippen LogP) is 1.07. The van der Waals surface area contributed by atoms with E-state index in [4.69, 9.17) is 0 Å². The lowest BCUT2D eigenvalue weighted by molar-refractivity contribution is 0.291. The maximum Gasteiger partial charge on any atom is 0.0206 e. The minimum atomic E-state index is 0.979. The van der Waals surface area contributed by atoms with Crippen molar-refractivity contribution < 1.29 is 0 Å². The van der Waals surface area contributed by atoms with Crippen molar-refractivity contribution in [1.29, 1.82) is 0 Å². The van der Waals surface area contributed by atoms with Gasteiger partial charge in [0.05, 0.1) is 0 Å². The Morgan fingerprint density at radius 1 is 1.12 bits per heavy atom. The Kier molecular flexibility index (Phi) is 5.49. The number of benzene rings is 1. The second-order valence-corrected chi connectivity index (χ2v) is 4.61. The van der Waals surface area contributed by atoms with Gasteiger partial charge >= 0.3 is 0 Å². The van der Waals surface area contributed by atoms with Crippen LogP contribution in [0.2, 0.25) is 0 Å². The number of nitrogens with zero attached hydrogens (tertiary/aromatic N) is 1. The first-order valence-corrected chi connectivity index (χ1v) is 6.63. The molecule has 3 heteroatoms. The Morgan fingerprint density at radius 3 is 2.88 bits per heavy atom. The number of rotatable bonds is 5. The van der Waals surface area contributed by atoms with E-state index in [9.17, 15) is 0 Å². The van der Waals surface area contributed by atoms with Gasteiger partial charge in [-0.1, -0.05) is 30.3 Å². The molecule has 1 aromatic rings. The van der Waals surface area contributed by atoms with Crippen molar-refractivity contribution in [2.24, 2.45) is 0 Å². The summed E-state index contributed by atoms with van der Waals surface area (Å²) in [5.41, 5.74) is 1.37. The van der Waals surface area contributed by atoms with Crippen LogP contribution in [0.25, 0.3) is 0 Å². The van der Waals surface area contributed by atoms with E-state index in [0.717, 1.165) is 26.2 Å². The van der Waals surface area contributed by atoms with Gasteiger partial charge in [0.2, 0.25) is 0 Å². The minimum absolute atomic E-state index is 0.979. The van der Waals surface area contributed by atoms with Crippen molar-refractivity contribution in [3.8, 4) is 0 Å². The Balaban J connectivity index is 1.59. The summed E-state index contributed by atoms with van der Waals surface area (Å²) in [6.07, 6.45) is 1.28. The minimum Gasteiger partial charge on any atom is -0.315 e. The summed E-state index contributed by atoms with van der Waals surface area (Å²) < 4.78 is 0. The maximum atomic E-state index is 3.51. The van der Waals surface area contributed by atoms with Crippen LogP contribution in [-0.2, 0) is 6.54 Å². The molecule has 2 N–H and O–H groups in total. The second-order valence-electron chi connectivity index (χ2n) is 4.61. The summed E-state index contributed by atoms with van der Waals surface area (Å²) >= 11 is 0. The average Bonchev–Trinajstić information content (AvgIpc) is 2.65. The van der Waals surface area contributed by atoms with Gasteiger partial charge in [-0.15, -0.1) is 0 Å². The summed E-state index contributed by atoms with van der Waals surface area (Å²) in [4.78, 5) is 2.54. The van der Waals surface area contributed by atoms with Gasteiger partial charge in [0.25, 0.3) is 0 Å². The van der Waals surface area contributed by atoms with Crippen LogP contribution in [0.1, 0.15) is 12.0 Å². The largest absolute Gasteiger partial charge is 0.315 e. The number of nitrogens with one attached hydrogen (secondary N) is 2. The zero-order valence-electron chi connectivity index (χ0n) is 10.5. The highest BCUT2D eigenvalue weighted by molar-refractivity contribution is 5.14. The average molecular weight is 233 g/mol. The summed E-state index contributed by atoms with van der Waals surface area (Å²) in [5.74, 6) is 0. The van der Waals surface area contributed by atoms with Gasteiger partial charge in [-0.3, -0.25) is 0 Å². The first-order chi connectivity index (χ1) is 8.45. The lowest BCUT2D eigenvalue weighted by atomic mass is 10.2. The van der Waals surface area contributed by atoms with Crippen LogP contribution in [0.4, 0.5) is 0 Å². The quantitative estimate of drug-likeness (QED) is 0.745. The molecule has 0 saturated carbocycles. The molecule has 1 aliphatic heterocycles. The molecular weight excluding hydrogens is 210 g/mol. The van der Waals surface area contributed by atoms with Crippen LogP contribution in [0.3, 0.4) is 0 Å². The molecule has 0 unspecified atom stereocenters. The first kappa shape index (κ1) is 12.6. The fourth-order valence-corrected chi connectivity index (χ4v) is 2.19. The molecule has 1 aliphatic rings. The van der Waals surface area contributed by atoms with Gasteiger partial charge in [-0.2, -0.15) is 0 Å². The molecule has 1 heterocycles. The molecule has 0 amide bonds. The van der Waals surface area contributed by atoms with E-state index in [1.807, 2.05) is 0 Å². The SMILES string of the molecule is c1ccc(CNCCN2CCCNCC2)cc1. The molecule has 0 aliphatic carbocycles. The molecule has 17 heavy (non-hydrogen) atoms. The highest BCUT2D eigenvalue weighted by Crippen LogP contribution is 1.97. The van der Waals surface area contributed by atoms with E-state index < -0.39 is 0 Å². The molecule has 1 fully saturated rings. The van der Waals surface area contributed by atoms with E-state index in [1.165, 1.54) is 31.6 Å². The van der Waals surface area contributed by atoms with Crippen molar-refractivity contribution in [1.82, 2.24) is 15.5 Å². The third-order valence-electron chi connectivity index (χ3n) is 3.21. The van der Waals surface area contributed by atoms with Crippen molar-refractivity contribution in [3.63, 3.8) is 0 Å². The summed E-state index contributed by atoms with van der Waals surface area (Å²) in [5, 5.41) is 6.94. The summed E-state index contributed by atoms with van der Waals surface area (Å²) in [7, 11) is 0. The molecule has 0 radical (unpaired) electrons. The van der Waals surface area contributed by atoms with E-state index in [-0.39, 0.29) is 0 Å². The molecule has 0 atom stereocenters. The lowest BCUT2D eigenvalue weighted by Crippen LogP contribution is -2.34. The Hall–Kier alpha value is -0.900. The number of hydrogen-bond acceptors (Lipinski definition) is 3. The topological polar surface area (TPSA) is 27.3 Å². The van der Waals surface area contributed by atoms with Crippen LogP contribution in [0, 0.1) is 0 Å². The molecule has 94 valence electrons. The summed E-state index contributed by atoms with van der Waals surface area (Å²) in [6, 6.07) is 10.6. The predicted molar refractivity (Wildman–Crippen MR) is 72.1 cm³/mol. The molecule has 0 spiro atoms. The van der Waals surface area contributed by atoms with E-state index in [2.05, 4.69) is 45.9 Å². The van der Waals surface area contributed by atoms with Crippen molar-refractivity contribution in [2.75, 3.05) is 39.3 Å². The Morgan fingerprint density at radius 2 is 2.00 bits per heavy atom. The van der Waals surface area contributed by atoms with Gasteiger partial charge in [-0.25, -0.2) is 0 Å². The highest BCUT2D eigenvalue weighted by atomic mass is 15.2. The third-order valence-corrected chi connectivity index (χ3v) is 3.21. The van der Waals surface area contributed by atoms with Crippen LogP contribution in [0.5, 0.6) is 0 Å². The van der Waals surface area contributed by atoms with Crippen LogP contribution >= 0.6 is 0 Å².